The van der Waals surface area contributed by atoms with Crippen molar-refractivity contribution in [3.63, 3.8) is 0 Å². The van der Waals surface area contributed by atoms with Gasteiger partial charge in [0.25, 0.3) is 0 Å². The molecule has 0 fully saturated rings. The molecule has 0 bridgehead atoms. The standard InChI is InChI=1S/C14H22N6/c15-7-3-9-17-13-11-5-1-2-6-12(11)19-14(20-13)18-10-4-8-16/h1-2,5-6H,3-4,7-10,15-16H2,(H2,17,18,19,20). The van der Waals surface area contributed by atoms with E-state index in [1.165, 1.54) is 0 Å². The highest BCUT2D eigenvalue weighted by Crippen LogP contribution is 2.21. The highest BCUT2D eigenvalue weighted by Gasteiger charge is 2.06. The number of nitrogens with zero attached hydrogens (tertiary/aromatic N) is 2. The molecule has 0 saturated heterocycles. The third-order valence-corrected chi connectivity index (χ3v) is 2.94. The zero-order valence-electron chi connectivity index (χ0n) is 11.6. The highest BCUT2D eigenvalue weighted by molar-refractivity contribution is 5.89. The van der Waals surface area contributed by atoms with Crippen molar-refractivity contribution in [1.29, 1.82) is 0 Å². The molecule has 1 aromatic heterocycles. The average Bonchev–Trinajstić information content (AvgIpc) is 2.48. The summed E-state index contributed by atoms with van der Waals surface area (Å²) < 4.78 is 0. The van der Waals surface area contributed by atoms with Gasteiger partial charge in [0, 0.05) is 18.5 Å². The third kappa shape index (κ3) is 3.79. The molecule has 6 heteroatoms. The molecule has 0 saturated carbocycles. The van der Waals surface area contributed by atoms with Gasteiger partial charge in [0.2, 0.25) is 5.95 Å². The minimum absolute atomic E-state index is 0.632. The van der Waals surface area contributed by atoms with Gasteiger partial charge >= 0.3 is 0 Å². The fourth-order valence-corrected chi connectivity index (χ4v) is 1.90. The van der Waals surface area contributed by atoms with Crippen molar-refractivity contribution < 1.29 is 0 Å². The van der Waals surface area contributed by atoms with Crippen molar-refractivity contribution in [3.8, 4) is 0 Å². The molecule has 1 aromatic carbocycles. The van der Waals surface area contributed by atoms with Crippen LogP contribution in [-0.2, 0) is 0 Å². The second-order valence-electron chi connectivity index (χ2n) is 4.55. The maximum absolute atomic E-state index is 5.52. The van der Waals surface area contributed by atoms with E-state index in [4.69, 9.17) is 11.5 Å². The molecule has 0 aliphatic rings. The minimum atomic E-state index is 0.632. The van der Waals surface area contributed by atoms with Crippen LogP contribution in [0, 0.1) is 0 Å². The van der Waals surface area contributed by atoms with Crippen LogP contribution in [0.3, 0.4) is 0 Å². The second-order valence-corrected chi connectivity index (χ2v) is 4.55. The van der Waals surface area contributed by atoms with Gasteiger partial charge in [-0.15, -0.1) is 0 Å². The van der Waals surface area contributed by atoms with Crippen LogP contribution in [0.5, 0.6) is 0 Å². The molecule has 2 rings (SSSR count). The van der Waals surface area contributed by atoms with Gasteiger partial charge < -0.3 is 22.1 Å². The van der Waals surface area contributed by atoms with Crippen molar-refractivity contribution in [2.24, 2.45) is 11.5 Å². The molecule has 0 radical (unpaired) electrons. The SMILES string of the molecule is NCCCNc1nc(NCCCN)c2ccccc2n1. The molecule has 20 heavy (non-hydrogen) atoms. The Kier molecular flexibility index (Phi) is 5.52. The lowest BCUT2D eigenvalue weighted by Crippen LogP contribution is -2.13. The quantitative estimate of drug-likeness (QED) is 0.539. The molecular formula is C14H22N6. The van der Waals surface area contributed by atoms with Gasteiger partial charge in [-0.3, -0.25) is 0 Å². The number of aromatic nitrogens is 2. The number of benzene rings is 1. The Morgan fingerprint density at radius 3 is 2.35 bits per heavy atom. The predicted octanol–water partition coefficient (Wildman–Crippen LogP) is 1.15. The largest absolute Gasteiger partial charge is 0.369 e. The molecule has 0 aliphatic carbocycles. The molecule has 0 spiro atoms. The van der Waals surface area contributed by atoms with Crippen LogP contribution in [0.25, 0.3) is 10.9 Å². The topological polar surface area (TPSA) is 102 Å². The van der Waals surface area contributed by atoms with Gasteiger partial charge in [-0.1, -0.05) is 12.1 Å². The zero-order chi connectivity index (χ0) is 14.2. The van der Waals surface area contributed by atoms with Crippen LogP contribution in [0.1, 0.15) is 12.8 Å². The summed E-state index contributed by atoms with van der Waals surface area (Å²) in [5, 5.41) is 7.55. The van der Waals surface area contributed by atoms with Crippen LogP contribution < -0.4 is 22.1 Å². The van der Waals surface area contributed by atoms with E-state index in [1.54, 1.807) is 0 Å². The van der Waals surface area contributed by atoms with E-state index in [-0.39, 0.29) is 0 Å². The van der Waals surface area contributed by atoms with E-state index >= 15 is 0 Å². The highest BCUT2D eigenvalue weighted by atomic mass is 15.1. The molecule has 108 valence electrons. The Morgan fingerprint density at radius 2 is 1.60 bits per heavy atom. The summed E-state index contributed by atoms with van der Waals surface area (Å²) in [6.45, 7) is 2.90. The molecular weight excluding hydrogens is 252 g/mol. The number of nitrogens with two attached hydrogens (primary N) is 2. The summed E-state index contributed by atoms with van der Waals surface area (Å²) in [6, 6.07) is 7.97. The molecule has 6 nitrogen and oxygen atoms in total. The first-order chi connectivity index (χ1) is 9.85. The smallest absolute Gasteiger partial charge is 0.225 e. The molecule has 2 aromatic rings. The Labute approximate surface area is 119 Å². The van der Waals surface area contributed by atoms with Gasteiger partial charge in [0.15, 0.2) is 0 Å². The van der Waals surface area contributed by atoms with Crippen molar-refractivity contribution in [3.05, 3.63) is 24.3 Å². The van der Waals surface area contributed by atoms with Crippen LogP contribution in [-0.4, -0.2) is 36.1 Å². The lowest BCUT2D eigenvalue weighted by Gasteiger charge is -2.11. The molecule has 0 unspecified atom stereocenters. The number of anilines is 2. The van der Waals surface area contributed by atoms with E-state index in [0.29, 0.717) is 19.0 Å². The van der Waals surface area contributed by atoms with Crippen LogP contribution in [0.15, 0.2) is 24.3 Å². The van der Waals surface area contributed by atoms with Crippen LogP contribution in [0.4, 0.5) is 11.8 Å². The Bertz CT molecular complexity index is 542. The average molecular weight is 274 g/mol. The van der Waals surface area contributed by atoms with Gasteiger partial charge in [-0.25, -0.2) is 4.98 Å². The summed E-state index contributed by atoms with van der Waals surface area (Å²) in [5.41, 5.74) is 11.9. The number of nitrogens with one attached hydrogen (secondary N) is 2. The monoisotopic (exact) mass is 274 g/mol. The zero-order valence-corrected chi connectivity index (χ0v) is 11.6. The summed E-state index contributed by atoms with van der Waals surface area (Å²) in [7, 11) is 0. The Balaban J connectivity index is 2.21. The van der Waals surface area contributed by atoms with Gasteiger partial charge in [0.1, 0.15) is 5.82 Å². The van der Waals surface area contributed by atoms with Crippen molar-refractivity contribution in [2.75, 3.05) is 36.8 Å². The maximum Gasteiger partial charge on any atom is 0.225 e. The first-order valence-electron chi connectivity index (χ1n) is 7.00. The van der Waals surface area contributed by atoms with E-state index < -0.39 is 0 Å². The lowest BCUT2D eigenvalue weighted by atomic mass is 10.2. The first kappa shape index (κ1) is 14.5. The molecule has 0 aliphatic heterocycles. The first-order valence-corrected chi connectivity index (χ1v) is 7.00. The Morgan fingerprint density at radius 1 is 0.900 bits per heavy atom. The van der Waals surface area contributed by atoms with E-state index in [9.17, 15) is 0 Å². The van der Waals surface area contributed by atoms with Crippen molar-refractivity contribution >= 4 is 22.7 Å². The van der Waals surface area contributed by atoms with Gasteiger partial charge in [-0.2, -0.15) is 4.98 Å². The normalized spacial score (nSPS) is 10.7. The third-order valence-electron chi connectivity index (χ3n) is 2.94. The van der Waals surface area contributed by atoms with Crippen LogP contribution >= 0.6 is 0 Å². The summed E-state index contributed by atoms with van der Waals surface area (Å²) in [5.74, 6) is 1.48. The second kappa shape index (κ2) is 7.62. The van der Waals surface area contributed by atoms with Gasteiger partial charge in [-0.05, 0) is 38.1 Å². The van der Waals surface area contributed by atoms with Crippen molar-refractivity contribution in [1.82, 2.24) is 9.97 Å². The summed E-state index contributed by atoms with van der Waals surface area (Å²) in [4.78, 5) is 9.04. The number of hydrogen-bond donors (Lipinski definition) is 4. The van der Waals surface area contributed by atoms with E-state index in [2.05, 4.69) is 20.6 Å². The number of hydrogen-bond acceptors (Lipinski definition) is 6. The van der Waals surface area contributed by atoms with Crippen LogP contribution in [0.2, 0.25) is 0 Å². The molecule has 0 atom stereocenters. The predicted molar refractivity (Wildman–Crippen MR) is 83.9 cm³/mol. The molecule has 1 heterocycles. The fourth-order valence-electron chi connectivity index (χ4n) is 1.90. The summed E-state index contributed by atoms with van der Waals surface area (Å²) in [6.07, 6.45) is 1.81. The summed E-state index contributed by atoms with van der Waals surface area (Å²) >= 11 is 0. The number of rotatable bonds is 8. The van der Waals surface area contributed by atoms with Crippen molar-refractivity contribution in [2.45, 2.75) is 12.8 Å². The van der Waals surface area contributed by atoms with E-state index in [0.717, 1.165) is 42.7 Å². The Hall–Kier alpha value is -1.92. The molecule has 0 amide bonds. The van der Waals surface area contributed by atoms with Gasteiger partial charge in [0.05, 0.1) is 5.52 Å². The molecule has 6 N–H and O–H groups in total. The number of fused-ring (bicyclic) bond motifs is 1. The maximum atomic E-state index is 5.52. The van der Waals surface area contributed by atoms with E-state index in [1.807, 2.05) is 24.3 Å². The lowest BCUT2D eigenvalue weighted by molar-refractivity contribution is 0.860. The number of para-hydroxylation sites is 1. The fraction of sp³-hybridized carbons (Fsp3) is 0.429. The minimum Gasteiger partial charge on any atom is -0.369 e.